The third-order valence-electron chi connectivity index (χ3n) is 11.1. The number of hydrogen-bond donors (Lipinski definition) is 3. The van der Waals surface area contributed by atoms with Crippen molar-refractivity contribution in [3.63, 3.8) is 0 Å². The lowest BCUT2D eigenvalue weighted by Gasteiger charge is -2.62. The van der Waals surface area contributed by atoms with Crippen molar-refractivity contribution in [2.75, 3.05) is 27.2 Å². The zero-order chi connectivity index (χ0) is 33.3. The van der Waals surface area contributed by atoms with Gasteiger partial charge in [0, 0.05) is 30.1 Å². The first-order valence-electron chi connectivity index (χ1n) is 17.3. The minimum Gasteiger partial charge on any atom is -0.393 e. The Hall–Kier alpha value is -2.78. The normalized spacial score (nSPS) is 28.5. The van der Waals surface area contributed by atoms with E-state index >= 15 is 0 Å². The number of aliphatic hydroxyl groups is 1. The van der Waals surface area contributed by atoms with Crippen molar-refractivity contribution in [3.05, 3.63) is 59.7 Å². The summed E-state index contributed by atoms with van der Waals surface area (Å²) in [6.45, 7) is 14.6. The standard InChI is InChI=1S/C38H56N4O4/c1-23(2)15-31(21-41(7)8)39-36(44)29-14-10-13-28(17-29)27-12-9-11-26(16-27)20-42-35(32(22-46-42)25(4)43)37(45)40-34-19-30-18-33(24(34)3)38(30,5)6/h9-14,16-17,23-25,30-35,43H,15,18-22H2,1-8H3,(H,39,44)(H,40,45)/t24-,25-,30+,31?,32-,33-,34-,35-/m0/s1. The first-order chi connectivity index (χ1) is 21.7. The van der Waals surface area contributed by atoms with Crippen molar-refractivity contribution < 1.29 is 19.5 Å². The topological polar surface area (TPSA) is 94.1 Å². The first kappa shape index (κ1) is 34.6. The Bertz CT molecular complexity index is 1360. The van der Waals surface area contributed by atoms with Crippen LogP contribution in [0.25, 0.3) is 11.1 Å². The van der Waals surface area contributed by atoms with E-state index in [9.17, 15) is 14.7 Å². The van der Waals surface area contributed by atoms with E-state index in [1.807, 2.05) is 56.6 Å². The molecule has 1 saturated heterocycles. The van der Waals surface area contributed by atoms with E-state index in [-0.39, 0.29) is 29.8 Å². The minimum atomic E-state index is -0.671. The van der Waals surface area contributed by atoms with Gasteiger partial charge in [-0.1, -0.05) is 65.0 Å². The maximum atomic E-state index is 13.9. The molecule has 4 fully saturated rings. The predicted octanol–water partition coefficient (Wildman–Crippen LogP) is 5.36. The summed E-state index contributed by atoms with van der Waals surface area (Å²) in [5.74, 6) is 1.75. The molecule has 8 heteroatoms. The van der Waals surface area contributed by atoms with E-state index < -0.39 is 12.1 Å². The predicted molar refractivity (Wildman–Crippen MR) is 183 cm³/mol. The number of likely N-dealkylation sites (N-methyl/N-ethyl adjacent to an activating group) is 1. The molecule has 2 aromatic rings. The maximum Gasteiger partial charge on any atom is 0.251 e. The van der Waals surface area contributed by atoms with E-state index in [1.54, 1.807) is 12.0 Å². The van der Waals surface area contributed by atoms with Crippen LogP contribution in [0.2, 0.25) is 0 Å². The molecule has 8 atom stereocenters. The van der Waals surface area contributed by atoms with Crippen molar-refractivity contribution >= 4 is 11.8 Å². The third kappa shape index (κ3) is 7.51. The number of nitrogens with one attached hydrogen (secondary N) is 2. The van der Waals surface area contributed by atoms with Gasteiger partial charge in [0.05, 0.1) is 19.3 Å². The second kappa shape index (κ2) is 14.1. The van der Waals surface area contributed by atoms with Crippen molar-refractivity contribution in [1.29, 1.82) is 0 Å². The van der Waals surface area contributed by atoms with Crippen molar-refractivity contribution in [3.8, 4) is 11.1 Å². The molecule has 252 valence electrons. The Morgan fingerprint density at radius 3 is 2.39 bits per heavy atom. The molecule has 2 amide bonds. The van der Waals surface area contributed by atoms with Crippen molar-refractivity contribution in [1.82, 2.24) is 20.6 Å². The number of carbonyl (C=O) groups is 2. The maximum absolute atomic E-state index is 13.9. The summed E-state index contributed by atoms with van der Waals surface area (Å²) in [6, 6.07) is 15.6. The highest BCUT2D eigenvalue weighted by Crippen LogP contribution is 2.61. The number of carbonyl (C=O) groups excluding carboxylic acids is 2. The lowest BCUT2D eigenvalue weighted by atomic mass is 9.45. The SMILES string of the molecule is CC(C)CC(CN(C)C)NC(=O)c1cccc(-c2cccc(CN3OC[C@@H]([C@H](C)O)[C@H]3C(=O)N[C@H]3C[C@H]4C[C@@H]([C@@H]3C)C4(C)C)c2)c1. The van der Waals surface area contributed by atoms with Crippen LogP contribution in [0.4, 0.5) is 0 Å². The van der Waals surface area contributed by atoms with Crippen LogP contribution in [-0.2, 0) is 16.2 Å². The van der Waals surface area contributed by atoms with Gasteiger partial charge in [-0.05, 0) is 104 Å². The summed E-state index contributed by atoms with van der Waals surface area (Å²) in [5.41, 5.74) is 3.92. The van der Waals surface area contributed by atoms with Crippen LogP contribution in [0.1, 0.15) is 76.7 Å². The Morgan fingerprint density at radius 1 is 1.07 bits per heavy atom. The van der Waals surface area contributed by atoms with Crippen LogP contribution >= 0.6 is 0 Å². The molecule has 0 aromatic heterocycles. The fraction of sp³-hybridized carbons (Fsp3) is 0.632. The van der Waals surface area contributed by atoms with Crippen LogP contribution in [-0.4, -0.2) is 78.4 Å². The number of rotatable bonds is 12. The Kier molecular flexibility index (Phi) is 10.6. The summed E-state index contributed by atoms with van der Waals surface area (Å²) in [6.07, 6.45) is 2.51. The van der Waals surface area contributed by atoms with Gasteiger partial charge in [0.1, 0.15) is 6.04 Å². The molecule has 8 nitrogen and oxygen atoms in total. The molecular weight excluding hydrogens is 576 g/mol. The Morgan fingerprint density at radius 2 is 1.76 bits per heavy atom. The summed E-state index contributed by atoms with van der Waals surface area (Å²) >= 11 is 0. The molecule has 46 heavy (non-hydrogen) atoms. The molecule has 1 aliphatic heterocycles. The van der Waals surface area contributed by atoms with Gasteiger partial charge in [0.15, 0.2) is 0 Å². The van der Waals surface area contributed by atoms with Gasteiger partial charge in [0.2, 0.25) is 5.91 Å². The smallest absolute Gasteiger partial charge is 0.251 e. The van der Waals surface area contributed by atoms with Gasteiger partial charge in [-0.15, -0.1) is 0 Å². The summed E-state index contributed by atoms with van der Waals surface area (Å²) in [4.78, 5) is 35.3. The zero-order valence-corrected chi connectivity index (χ0v) is 29.1. The molecule has 4 aliphatic rings. The molecule has 3 N–H and O–H groups in total. The van der Waals surface area contributed by atoms with Crippen molar-refractivity contribution in [2.45, 2.75) is 91.6 Å². The Labute approximate surface area is 276 Å². The number of nitrogens with zero attached hydrogens (tertiary/aromatic N) is 2. The first-order valence-corrected chi connectivity index (χ1v) is 17.3. The van der Waals surface area contributed by atoms with Crippen molar-refractivity contribution in [2.24, 2.45) is 35.0 Å². The van der Waals surface area contributed by atoms with Gasteiger partial charge in [-0.2, -0.15) is 5.06 Å². The molecule has 3 aliphatic carbocycles. The lowest BCUT2D eigenvalue weighted by molar-refractivity contribution is -0.161. The molecular formula is C38H56N4O4. The van der Waals surface area contributed by atoms with Gasteiger partial charge >= 0.3 is 0 Å². The fourth-order valence-corrected chi connectivity index (χ4v) is 8.37. The summed E-state index contributed by atoms with van der Waals surface area (Å²) in [7, 11) is 4.05. The average molecular weight is 633 g/mol. The number of benzene rings is 2. The average Bonchev–Trinajstić information content (AvgIpc) is 3.41. The van der Waals surface area contributed by atoms with Crippen LogP contribution in [0.3, 0.4) is 0 Å². The minimum absolute atomic E-state index is 0.0562. The van der Waals surface area contributed by atoms with E-state index in [2.05, 4.69) is 56.2 Å². The number of hydroxylamine groups is 2. The number of fused-ring (bicyclic) bond motifs is 2. The van der Waals surface area contributed by atoms with Gasteiger partial charge in [-0.3, -0.25) is 14.4 Å². The molecule has 2 aromatic carbocycles. The lowest BCUT2D eigenvalue weighted by Crippen LogP contribution is -2.62. The van der Waals surface area contributed by atoms with Crippen LogP contribution in [0, 0.1) is 35.0 Å². The van der Waals surface area contributed by atoms with Gasteiger partial charge in [-0.25, -0.2) is 0 Å². The second-order valence-electron chi connectivity index (χ2n) is 15.6. The molecule has 1 heterocycles. The highest BCUT2D eigenvalue weighted by atomic mass is 16.7. The number of aliphatic hydroxyl groups excluding tert-OH is 1. The molecule has 0 spiro atoms. The molecule has 0 radical (unpaired) electrons. The Balaban J connectivity index is 1.28. The fourth-order valence-electron chi connectivity index (χ4n) is 8.37. The largest absolute Gasteiger partial charge is 0.393 e. The molecule has 6 rings (SSSR count). The van der Waals surface area contributed by atoms with E-state index in [0.29, 0.717) is 47.8 Å². The molecule has 3 saturated carbocycles. The highest BCUT2D eigenvalue weighted by Gasteiger charge is 2.57. The summed E-state index contributed by atoms with van der Waals surface area (Å²) in [5, 5.41) is 19.0. The van der Waals surface area contributed by atoms with Gasteiger partial charge in [0.25, 0.3) is 5.91 Å². The van der Waals surface area contributed by atoms with E-state index in [1.165, 1.54) is 6.42 Å². The third-order valence-corrected chi connectivity index (χ3v) is 11.1. The highest BCUT2D eigenvalue weighted by molar-refractivity contribution is 5.95. The number of amides is 2. The zero-order valence-electron chi connectivity index (χ0n) is 29.1. The summed E-state index contributed by atoms with van der Waals surface area (Å²) < 4.78 is 0. The number of hydrogen-bond acceptors (Lipinski definition) is 6. The molecule has 2 bridgehead atoms. The quantitative estimate of drug-likeness (QED) is 0.292. The van der Waals surface area contributed by atoms with Gasteiger partial charge < -0.3 is 20.6 Å². The monoisotopic (exact) mass is 632 g/mol. The molecule has 1 unspecified atom stereocenters. The van der Waals surface area contributed by atoms with E-state index in [0.717, 1.165) is 36.1 Å². The van der Waals surface area contributed by atoms with Crippen LogP contribution in [0.15, 0.2) is 48.5 Å². The second-order valence-corrected chi connectivity index (χ2v) is 15.6. The van der Waals surface area contributed by atoms with E-state index in [4.69, 9.17) is 4.84 Å². The van der Waals surface area contributed by atoms with Crippen LogP contribution in [0.5, 0.6) is 0 Å². The van der Waals surface area contributed by atoms with Crippen LogP contribution < -0.4 is 10.6 Å².